The summed E-state index contributed by atoms with van der Waals surface area (Å²) >= 11 is 0. The molecule has 0 atom stereocenters. The monoisotopic (exact) mass is 176 g/mol. The average molecular weight is 176 g/mol. The molecule has 0 aliphatic carbocycles. The largest absolute Gasteiger partial charge is 0.463 e. The molecule has 13 heavy (non-hydrogen) atoms. The molecule has 0 saturated heterocycles. The van der Waals surface area contributed by atoms with Crippen LogP contribution in [0, 0.1) is 0 Å². The topological polar surface area (TPSA) is 77.0 Å². The summed E-state index contributed by atoms with van der Waals surface area (Å²) < 4.78 is 5.14. The zero-order valence-corrected chi connectivity index (χ0v) is 6.77. The fourth-order valence-electron chi connectivity index (χ4n) is 0.965. The summed E-state index contributed by atoms with van der Waals surface area (Å²) in [6.07, 6.45) is 1.59. The number of hydrogen-bond acceptors (Lipinski definition) is 5. The first-order valence-electron chi connectivity index (χ1n) is 3.74. The second kappa shape index (κ2) is 3.24. The minimum Gasteiger partial charge on any atom is -0.463 e. The molecule has 0 fully saturated rings. The van der Waals surface area contributed by atoms with Crippen LogP contribution in [-0.2, 0) is 0 Å². The number of hydrogen-bond donors (Lipinski definition) is 2. The molecule has 0 aliphatic rings. The molecule has 5 nitrogen and oxygen atoms in total. The Hall–Kier alpha value is -1.88. The first kappa shape index (κ1) is 7.75. The molecule has 0 saturated carbocycles. The van der Waals surface area contributed by atoms with E-state index in [2.05, 4.69) is 15.6 Å². The van der Waals surface area contributed by atoms with E-state index in [-0.39, 0.29) is 0 Å². The van der Waals surface area contributed by atoms with Crippen LogP contribution >= 0.6 is 0 Å². The highest BCUT2D eigenvalue weighted by Gasteiger charge is 2.01. The number of nitrogens with zero attached hydrogens (tertiary/aromatic N) is 2. The number of nitrogen functional groups attached to an aromatic ring is 1. The van der Waals surface area contributed by atoms with Gasteiger partial charge in [-0.1, -0.05) is 0 Å². The van der Waals surface area contributed by atoms with Crippen LogP contribution in [0.25, 0.3) is 11.5 Å². The molecule has 3 N–H and O–H groups in total. The van der Waals surface area contributed by atoms with E-state index in [9.17, 15) is 0 Å². The summed E-state index contributed by atoms with van der Waals surface area (Å²) in [5.41, 5.74) is 3.08. The van der Waals surface area contributed by atoms with Crippen molar-refractivity contribution in [2.45, 2.75) is 0 Å². The quantitative estimate of drug-likeness (QED) is 0.527. The van der Waals surface area contributed by atoms with Gasteiger partial charge in [0.1, 0.15) is 5.69 Å². The van der Waals surface area contributed by atoms with Gasteiger partial charge in [-0.2, -0.15) is 0 Å². The molecule has 0 amide bonds. The van der Waals surface area contributed by atoms with Crippen molar-refractivity contribution in [1.29, 1.82) is 0 Å². The Labute approximate surface area is 74.6 Å². The molecule has 5 heteroatoms. The average Bonchev–Trinajstić information content (AvgIpc) is 2.71. The molecular weight excluding hydrogens is 168 g/mol. The zero-order valence-electron chi connectivity index (χ0n) is 6.77. The molecule has 2 rings (SSSR count). The van der Waals surface area contributed by atoms with Crippen molar-refractivity contribution in [2.24, 2.45) is 5.84 Å². The van der Waals surface area contributed by atoms with Gasteiger partial charge in [0, 0.05) is 0 Å². The highest BCUT2D eigenvalue weighted by molar-refractivity contribution is 5.52. The van der Waals surface area contributed by atoms with Gasteiger partial charge in [0.25, 0.3) is 0 Å². The Morgan fingerprint density at radius 1 is 1.23 bits per heavy atom. The van der Waals surface area contributed by atoms with Crippen LogP contribution in [0.15, 0.2) is 34.9 Å². The second-order valence-corrected chi connectivity index (χ2v) is 2.43. The molecule has 0 spiro atoms. The van der Waals surface area contributed by atoms with Crippen LogP contribution in [0.5, 0.6) is 0 Å². The van der Waals surface area contributed by atoms with E-state index in [1.165, 1.54) is 0 Å². The highest BCUT2D eigenvalue weighted by atomic mass is 16.3. The standard InChI is InChI=1S/C8H8N4O/c9-10-8-4-3-6(11-12-8)7-2-1-5-13-7/h1-5H,9H2,(H,10,12). The fraction of sp³-hybridized carbons (Fsp3) is 0. The van der Waals surface area contributed by atoms with Gasteiger partial charge in [0.15, 0.2) is 11.6 Å². The number of furan rings is 1. The number of anilines is 1. The van der Waals surface area contributed by atoms with E-state index >= 15 is 0 Å². The summed E-state index contributed by atoms with van der Waals surface area (Å²) in [7, 11) is 0. The van der Waals surface area contributed by atoms with Gasteiger partial charge in [-0.25, -0.2) is 5.84 Å². The first-order chi connectivity index (χ1) is 6.40. The van der Waals surface area contributed by atoms with Crippen molar-refractivity contribution in [3.05, 3.63) is 30.5 Å². The van der Waals surface area contributed by atoms with Crippen molar-refractivity contribution < 1.29 is 4.42 Å². The molecular formula is C8H8N4O. The van der Waals surface area contributed by atoms with Gasteiger partial charge in [0.2, 0.25) is 0 Å². The van der Waals surface area contributed by atoms with Crippen LogP contribution in [0.2, 0.25) is 0 Å². The highest BCUT2D eigenvalue weighted by Crippen LogP contribution is 2.16. The zero-order chi connectivity index (χ0) is 9.10. The summed E-state index contributed by atoms with van der Waals surface area (Å²) in [4.78, 5) is 0. The van der Waals surface area contributed by atoms with E-state index in [1.54, 1.807) is 24.5 Å². The van der Waals surface area contributed by atoms with Crippen molar-refractivity contribution in [3.8, 4) is 11.5 Å². The SMILES string of the molecule is NNc1ccc(-c2ccco2)nn1. The van der Waals surface area contributed by atoms with Crippen LogP contribution in [0.3, 0.4) is 0 Å². The van der Waals surface area contributed by atoms with E-state index in [0.717, 1.165) is 0 Å². The molecule has 0 aromatic carbocycles. The molecule has 0 bridgehead atoms. The Kier molecular flexibility index (Phi) is 1.93. The van der Waals surface area contributed by atoms with Crippen LogP contribution < -0.4 is 11.3 Å². The van der Waals surface area contributed by atoms with Crippen molar-refractivity contribution in [2.75, 3.05) is 5.43 Å². The molecule has 0 aliphatic heterocycles. The number of nitrogens with one attached hydrogen (secondary N) is 1. The molecule has 0 radical (unpaired) electrons. The molecule has 66 valence electrons. The fourth-order valence-corrected chi connectivity index (χ4v) is 0.965. The summed E-state index contributed by atoms with van der Waals surface area (Å²) in [6, 6.07) is 7.12. The molecule has 0 unspecified atom stereocenters. The minimum atomic E-state index is 0.523. The van der Waals surface area contributed by atoms with Gasteiger partial charge < -0.3 is 9.84 Å². The molecule has 2 heterocycles. The van der Waals surface area contributed by atoms with Crippen molar-refractivity contribution >= 4 is 5.82 Å². The lowest BCUT2D eigenvalue weighted by Crippen LogP contribution is -2.08. The first-order valence-corrected chi connectivity index (χ1v) is 3.74. The van der Waals surface area contributed by atoms with Crippen LogP contribution in [0.1, 0.15) is 0 Å². The summed E-state index contributed by atoms with van der Waals surface area (Å²) in [5.74, 6) is 6.36. The van der Waals surface area contributed by atoms with Crippen molar-refractivity contribution in [1.82, 2.24) is 10.2 Å². The maximum Gasteiger partial charge on any atom is 0.162 e. The Bertz CT molecular complexity index is 368. The van der Waals surface area contributed by atoms with Crippen molar-refractivity contribution in [3.63, 3.8) is 0 Å². The third kappa shape index (κ3) is 1.50. The third-order valence-electron chi connectivity index (χ3n) is 1.59. The van der Waals surface area contributed by atoms with Gasteiger partial charge in [0.05, 0.1) is 6.26 Å². The van der Waals surface area contributed by atoms with Gasteiger partial charge in [-0.15, -0.1) is 10.2 Å². The van der Waals surface area contributed by atoms with Crippen LogP contribution in [0.4, 0.5) is 5.82 Å². The number of rotatable bonds is 2. The van der Waals surface area contributed by atoms with E-state index in [4.69, 9.17) is 10.3 Å². The maximum atomic E-state index is 5.14. The lowest BCUT2D eigenvalue weighted by Gasteiger charge is -1.97. The Balaban J connectivity index is 2.33. The summed E-state index contributed by atoms with van der Waals surface area (Å²) in [6.45, 7) is 0. The van der Waals surface area contributed by atoms with E-state index in [1.807, 2.05) is 6.07 Å². The summed E-state index contributed by atoms with van der Waals surface area (Å²) in [5, 5.41) is 7.71. The predicted molar refractivity (Wildman–Crippen MR) is 47.5 cm³/mol. The number of nitrogens with two attached hydrogens (primary N) is 1. The van der Waals surface area contributed by atoms with Gasteiger partial charge in [-0.05, 0) is 24.3 Å². The predicted octanol–water partition coefficient (Wildman–Crippen LogP) is 1.02. The third-order valence-corrected chi connectivity index (χ3v) is 1.59. The normalized spacial score (nSPS) is 9.92. The van der Waals surface area contributed by atoms with E-state index in [0.29, 0.717) is 17.3 Å². The van der Waals surface area contributed by atoms with E-state index < -0.39 is 0 Å². The lowest BCUT2D eigenvalue weighted by atomic mass is 10.3. The smallest absolute Gasteiger partial charge is 0.162 e. The minimum absolute atomic E-state index is 0.523. The molecule has 2 aromatic heterocycles. The Morgan fingerprint density at radius 3 is 2.69 bits per heavy atom. The number of aromatic nitrogens is 2. The molecule has 2 aromatic rings. The number of hydrazine groups is 1. The maximum absolute atomic E-state index is 5.14. The lowest BCUT2D eigenvalue weighted by molar-refractivity contribution is 0.579. The second-order valence-electron chi connectivity index (χ2n) is 2.43. The Morgan fingerprint density at radius 2 is 2.15 bits per heavy atom. The van der Waals surface area contributed by atoms with Crippen LogP contribution in [-0.4, -0.2) is 10.2 Å². The van der Waals surface area contributed by atoms with Gasteiger partial charge in [-0.3, -0.25) is 0 Å². The van der Waals surface area contributed by atoms with Gasteiger partial charge >= 0.3 is 0 Å².